The number of fused-ring (bicyclic) bond motifs is 1. The number of sulfonamides is 1. The van der Waals surface area contributed by atoms with Gasteiger partial charge in [-0.1, -0.05) is 28.9 Å². The van der Waals surface area contributed by atoms with Crippen molar-refractivity contribution in [3.8, 4) is 0 Å². The van der Waals surface area contributed by atoms with Crippen LogP contribution < -0.4 is 0 Å². The van der Waals surface area contributed by atoms with Crippen LogP contribution in [0.25, 0.3) is 10.9 Å². The average Bonchev–Trinajstić information content (AvgIpc) is 2.47. The standard InChI is InChI=1S/C15H19BrN2O2S/c1-3-10-18(11-8-16)21(19,20)14-7-6-12(2)15-13(14)5-4-9-17-15/h4-7,9H,3,8,10-11H2,1-2H3. The third-order valence-corrected chi connectivity index (χ3v) is 5.67. The average molecular weight is 371 g/mol. The van der Waals surface area contributed by atoms with Crippen molar-refractivity contribution in [2.75, 3.05) is 18.4 Å². The zero-order chi connectivity index (χ0) is 15.5. The normalized spacial score (nSPS) is 12.2. The predicted molar refractivity (Wildman–Crippen MR) is 89.3 cm³/mol. The van der Waals surface area contributed by atoms with Gasteiger partial charge in [0.15, 0.2) is 0 Å². The first kappa shape index (κ1) is 16.4. The number of nitrogens with zero attached hydrogens (tertiary/aromatic N) is 2. The van der Waals surface area contributed by atoms with Gasteiger partial charge in [-0.25, -0.2) is 8.42 Å². The first-order valence-electron chi connectivity index (χ1n) is 6.92. The van der Waals surface area contributed by atoms with Crippen molar-refractivity contribution in [2.45, 2.75) is 25.2 Å². The van der Waals surface area contributed by atoms with Gasteiger partial charge in [-0.3, -0.25) is 4.98 Å². The molecule has 0 amide bonds. The van der Waals surface area contributed by atoms with Crippen molar-refractivity contribution >= 4 is 36.9 Å². The Labute approximate surface area is 134 Å². The van der Waals surface area contributed by atoms with E-state index < -0.39 is 10.0 Å². The molecule has 21 heavy (non-hydrogen) atoms. The lowest BCUT2D eigenvalue weighted by Gasteiger charge is -2.21. The van der Waals surface area contributed by atoms with Gasteiger partial charge >= 0.3 is 0 Å². The van der Waals surface area contributed by atoms with Gasteiger partial charge in [-0.05, 0) is 37.1 Å². The molecule has 0 N–H and O–H groups in total. The summed E-state index contributed by atoms with van der Waals surface area (Å²) in [6.45, 7) is 4.90. The molecule has 0 aliphatic carbocycles. The number of hydrogen-bond acceptors (Lipinski definition) is 3. The Morgan fingerprint density at radius 1 is 1.24 bits per heavy atom. The van der Waals surface area contributed by atoms with E-state index in [1.807, 2.05) is 26.0 Å². The van der Waals surface area contributed by atoms with Crippen molar-refractivity contribution in [1.29, 1.82) is 0 Å². The Kier molecular flexibility index (Phi) is 5.35. The highest BCUT2D eigenvalue weighted by Gasteiger charge is 2.25. The van der Waals surface area contributed by atoms with Gasteiger partial charge in [-0.15, -0.1) is 0 Å². The monoisotopic (exact) mass is 370 g/mol. The molecular weight excluding hydrogens is 352 g/mol. The van der Waals surface area contributed by atoms with Crippen LogP contribution in [0, 0.1) is 6.92 Å². The van der Waals surface area contributed by atoms with Gasteiger partial charge < -0.3 is 0 Å². The van der Waals surface area contributed by atoms with Gasteiger partial charge in [0.1, 0.15) is 0 Å². The molecule has 1 aromatic carbocycles. The Morgan fingerprint density at radius 3 is 2.67 bits per heavy atom. The third-order valence-electron chi connectivity index (χ3n) is 3.36. The molecule has 1 aromatic heterocycles. The zero-order valence-corrected chi connectivity index (χ0v) is 14.6. The van der Waals surface area contributed by atoms with Gasteiger partial charge in [-0.2, -0.15) is 4.31 Å². The highest BCUT2D eigenvalue weighted by atomic mass is 79.9. The van der Waals surface area contributed by atoms with Gasteiger partial charge in [0, 0.05) is 30.0 Å². The Morgan fingerprint density at radius 2 is 2.00 bits per heavy atom. The van der Waals surface area contributed by atoms with E-state index in [-0.39, 0.29) is 0 Å². The van der Waals surface area contributed by atoms with Crippen molar-refractivity contribution in [2.24, 2.45) is 0 Å². The molecule has 6 heteroatoms. The maximum Gasteiger partial charge on any atom is 0.243 e. The van der Waals surface area contributed by atoms with E-state index in [0.29, 0.717) is 28.7 Å². The summed E-state index contributed by atoms with van der Waals surface area (Å²) in [4.78, 5) is 4.65. The summed E-state index contributed by atoms with van der Waals surface area (Å²) in [5.74, 6) is 0. The van der Waals surface area contributed by atoms with Gasteiger partial charge in [0.25, 0.3) is 0 Å². The van der Waals surface area contributed by atoms with Crippen LogP contribution in [0.4, 0.5) is 0 Å². The molecule has 0 unspecified atom stereocenters. The zero-order valence-electron chi connectivity index (χ0n) is 12.2. The molecule has 4 nitrogen and oxygen atoms in total. The molecule has 0 aliphatic rings. The molecule has 0 saturated heterocycles. The Balaban J connectivity index is 2.62. The van der Waals surface area contributed by atoms with Crippen LogP contribution in [0.5, 0.6) is 0 Å². The van der Waals surface area contributed by atoms with E-state index in [1.54, 1.807) is 18.3 Å². The molecule has 2 aromatic rings. The van der Waals surface area contributed by atoms with Crippen LogP contribution in [0.2, 0.25) is 0 Å². The number of hydrogen-bond donors (Lipinski definition) is 0. The summed E-state index contributed by atoms with van der Waals surface area (Å²) in [5, 5.41) is 1.31. The fourth-order valence-corrected chi connectivity index (χ4v) is 4.73. The van der Waals surface area contributed by atoms with E-state index >= 15 is 0 Å². The number of aryl methyl sites for hydroxylation is 1. The lowest BCUT2D eigenvalue weighted by Crippen LogP contribution is -2.33. The highest BCUT2D eigenvalue weighted by molar-refractivity contribution is 9.09. The van der Waals surface area contributed by atoms with Crippen LogP contribution in [0.15, 0.2) is 35.4 Å². The van der Waals surface area contributed by atoms with Crippen LogP contribution in [-0.2, 0) is 10.0 Å². The van der Waals surface area contributed by atoms with E-state index in [4.69, 9.17) is 0 Å². The summed E-state index contributed by atoms with van der Waals surface area (Å²) in [7, 11) is -3.51. The van der Waals surface area contributed by atoms with E-state index in [2.05, 4.69) is 20.9 Å². The van der Waals surface area contributed by atoms with Crippen molar-refractivity contribution in [1.82, 2.24) is 9.29 Å². The van der Waals surface area contributed by atoms with E-state index in [1.165, 1.54) is 4.31 Å². The van der Waals surface area contributed by atoms with E-state index in [0.717, 1.165) is 17.5 Å². The number of halogens is 1. The predicted octanol–water partition coefficient (Wildman–Crippen LogP) is 3.34. The van der Waals surface area contributed by atoms with Crippen LogP contribution >= 0.6 is 15.9 Å². The Bertz CT molecular complexity index is 726. The first-order valence-corrected chi connectivity index (χ1v) is 9.49. The van der Waals surface area contributed by atoms with Crippen LogP contribution in [0.3, 0.4) is 0 Å². The molecule has 0 spiro atoms. The van der Waals surface area contributed by atoms with Crippen LogP contribution in [-0.4, -0.2) is 36.1 Å². The maximum atomic E-state index is 12.9. The minimum atomic E-state index is -3.51. The van der Waals surface area contributed by atoms with Crippen molar-refractivity contribution < 1.29 is 8.42 Å². The molecule has 0 bridgehead atoms. The number of rotatable bonds is 6. The fourth-order valence-electron chi connectivity index (χ4n) is 2.35. The molecule has 0 fully saturated rings. The SMILES string of the molecule is CCCN(CCBr)S(=O)(=O)c1ccc(C)c2ncccc12. The molecule has 1 heterocycles. The quantitative estimate of drug-likeness (QED) is 0.732. The molecule has 114 valence electrons. The third kappa shape index (κ3) is 3.27. The smallest absolute Gasteiger partial charge is 0.243 e. The molecule has 0 saturated carbocycles. The largest absolute Gasteiger partial charge is 0.256 e. The summed E-state index contributed by atoms with van der Waals surface area (Å²) >= 11 is 3.33. The van der Waals surface area contributed by atoms with Crippen molar-refractivity contribution in [3.05, 3.63) is 36.0 Å². The minimum Gasteiger partial charge on any atom is -0.256 e. The molecule has 0 aliphatic heterocycles. The van der Waals surface area contributed by atoms with Gasteiger partial charge in [0.05, 0.1) is 10.4 Å². The summed E-state index contributed by atoms with van der Waals surface area (Å²) in [6, 6.07) is 7.10. The lowest BCUT2D eigenvalue weighted by atomic mass is 10.1. The molecule has 2 rings (SSSR count). The number of aromatic nitrogens is 1. The maximum absolute atomic E-state index is 12.9. The molecular formula is C15H19BrN2O2S. The molecule has 0 radical (unpaired) electrons. The van der Waals surface area contributed by atoms with Crippen LogP contribution in [0.1, 0.15) is 18.9 Å². The highest BCUT2D eigenvalue weighted by Crippen LogP contribution is 2.27. The second-order valence-corrected chi connectivity index (χ2v) is 7.57. The summed E-state index contributed by atoms with van der Waals surface area (Å²) < 4.78 is 27.4. The second-order valence-electron chi connectivity index (χ2n) is 4.87. The Hall–Kier alpha value is -0.980. The van der Waals surface area contributed by atoms with E-state index in [9.17, 15) is 8.42 Å². The fraction of sp³-hybridized carbons (Fsp3) is 0.400. The first-order chi connectivity index (χ1) is 10.0. The van der Waals surface area contributed by atoms with Crippen molar-refractivity contribution in [3.63, 3.8) is 0 Å². The summed E-state index contributed by atoms with van der Waals surface area (Å²) in [6.07, 6.45) is 2.47. The second kappa shape index (κ2) is 6.85. The number of pyridine rings is 1. The lowest BCUT2D eigenvalue weighted by molar-refractivity contribution is 0.431. The summed E-state index contributed by atoms with van der Waals surface area (Å²) in [5.41, 5.74) is 1.72. The number of alkyl halides is 1. The number of benzene rings is 1. The minimum absolute atomic E-state index is 0.339. The molecule has 0 atom stereocenters. The topological polar surface area (TPSA) is 50.3 Å². The van der Waals surface area contributed by atoms with Gasteiger partial charge in [0.2, 0.25) is 10.0 Å².